The Morgan fingerprint density at radius 2 is 2.15 bits per heavy atom. The van der Waals surface area contributed by atoms with Gasteiger partial charge in [-0.05, 0) is 24.6 Å². The number of hydrogen-bond acceptors (Lipinski definition) is 6. The second kappa shape index (κ2) is 7.30. The van der Waals surface area contributed by atoms with Crippen molar-refractivity contribution >= 4 is 5.91 Å². The Bertz CT molecular complexity index is 888. The van der Waals surface area contributed by atoms with Crippen LogP contribution in [0.15, 0.2) is 47.5 Å². The van der Waals surface area contributed by atoms with Gasteiger partial charge in [-0.2, -0.15) is 0 Å². The smallest absolute Gasteiger partial charge is 0.231 e. The van der Waals surface area contributed by atoms with Gasteiger partial charge in [0.1, 0.15) is 0 Å². The molecule has 0 saturated carbocycles. The molecule has 8 nitrogen and oxygen atoms in total. The number of nitrogens with zero attached hydrogens (tertiary/aromatic N) is 3. The molecule has 3 aromatic rings. The van der Waals surface area contributed by atoms with Gasteiger partial charge in [-0.3, -0.25) is 4.79 Å². The molecule has 0 aliphatic carbocycles. The lowest BCUT2D eigenvalue weighted by Gasteiger charge is -2.04. The summed E-state index contributed by atoms with van der Waals surface area (Å²) in [5.41, 5.74) is 1.42. The molecule has 134 valence electrons. The topological polar surface area (TPSA) is 91.4 Å². The van der Waals surface area contributed by atoms with Crippen LogP contribution in [0.5, 0.6) is 11.5 Å². The first-order valence-electron chi connectivity index (χ1n) is 8.36. The molecule has 0 fully saturated rings. The molecule has 1 aliphatic rings. The number of ether oxygens (including phenoxy) is 2. The van der Waals surface area contributed by atoms with E-state index in [2.05, 4.69) is 15.5 Å². The molecule has 1 aliphatic heterocycles. The van der Waals surface area contributed by atoms with Gasteiger partial charge in [0.15, 0.2) is 17.3 Å². The molecule has 0 spiro atoms. The van der Waals surface area contributed by atoms with E-state index in [0.29, 0.717) is 29.5 Å². The van der Waals surface area contributed by atoms with E-state index in [4.69, 9.17) is 14.0 Å². The monoisotopic (exact) mass is 354 g/mol. The quantitative estimate of drug-likeness (QED) is 0.653. The average molecular weight is 354 g/mol. The number of carbonyl (C=O) groups is 1. The van der Waals surface area contributed by atoms with Crippen LogP contribution in [0, 0.1) is 0 Å². The Balaban J connectivity index is 1.28. The summed E-state index contributed by atoms with van der Waals surface area (Å²) in [6.07, 6.45) is 6.41. The van der Waals surface area contributed by atoms with Gasteiger partial charge < -0.3 is 23.9 Å². The van der Waals surface area contributed by atoms with Crippen LogP contribution in [0.25, 0.3) is 11.3 Å². The molecule has 0 unspecified atom stereocenters. The maximum absolute atomic E-state index is 12.0. The minimum atomic E-state index is -0.0823. The highest BCUT2D eigenvalue weighted by molar-refractivity contribution is 5.78. The number of aromatic nitrogens is 3. The highest BCUT2D eigenvalue weighted by Gasteiger charge is 2.16. The number of benzene rings is 1. The number of rotatable bonds is 7. The first-order chi connectivity index (χ1) is 12.8. The lowest BCUT2D eigenvalue weighted by atomic mass is 10.1. The van der Waals surface area contributed by atoms with Crippen LogP contribution >= 0.6 is 0 Å². The first kappa shape index (κ1) is 16.2. The van der Waals surface area contributed by atoms with Crippen molar-refractivity contribution in [3.05, 3.63) is 48.7 Å². The molecular weight excluding hydrogens is 336 g/mol. The summed E-state index contributed by atoms with van der Waals surface area (Å²) in [7, 11) is 0. The van der Waals surface area contributed by atoms with Crippen LogP contribution in [0.4, 0.5) is 0 Å². The van der Waals surface area contributed by atoms with Crippen molar-refractivity contribution in [1.29, 1.82) is 0 Å². The fraction of sp³-hybridized carbons (Fsp3) is 0.278. The van der Waals surface area contributed by atoms with E-state index in [0.717, 1.165) is 18.5 Å². The van der Waals surface area contributed by atoms with E-state index in [1.165, 1.54) is 0 Å². The summed E-state index contributed by atoms with van der Waals surface area (Å²) >= 11 is 0. The largest absolute Gasteiger partial charge is 0.454 e. The number of hydrogen-bond donors (Lipinski definition) is 1. The van der Waals surface area contributed by atoms with E-state index >= 15 is 0 Å². The molecule has 0 atom stereocenters. The third kappa shape index (κ3) is 3.69. The van der Waals surface area contributed by atoms with Gasteiger partial charge in [0, 0.05) is 37.1 Å². The van der Waals surface area contributed by atoms with Crippen molar-refractivity contribution in [2.45, 2.75) is 19.4 Å². The number of aryl methyl sites for hydroxylation is 1. The Hall–Kier alpha value is -3.29. The fourth-order valence-corrected chi connectivity index (χ4v) is 2.72. The summed E-state index contributed by atoms with van der Waals surface area (Å²) in [4.78, 5) is 16.0. The van der Waals surface area contributed by atoms with Gasteiger partial charge in [0.25, 0.3) is 0 Å². The lowest BCUT2D eigenvalue weighted by molar-refractivity contribution is -0.120. The molecule has 0 radical (unpaired) electrons. The minimum Gasteiger partial charge on any atom is -0.454 e. The van der Waals surface area contributed by atoms with Gasteiger partial charge in [-0.25, -0.2) is 4.98 Å². The summed E-state index contributed by atoms with van der Waals surface area (Å²) in [5.74, 6) is 1.90. The van der Waals surface area contributed by atoms with Crippen molar-refractivity contribution in [2.24, 2.45) is 0 Å². The molecule has 8 heteroatoms. The highest BCUT2D eigenvalue weighted by Crippen LogP contribution is 2.35. The van der Waals surface area contributed by atoms with Crippen molar-refractivity contribution in [3.63, 3.8) is 0 Å². The van der Waals surface area contributed by atoms with Crippen molar-refractivity contribution in [1.82, 2.24) is 20.0 Å². The zero-order chi connectivity index (χ0) is 17.8. The predicted molar refractivity (Wildman–Crippen MR) is 91.6 cm³/mol. The van der Waals surface area contributed by atoms with E-state index in [1.807, 2.05) is 29.0 Å². The first-order valence-corrected chi connectivity index (χ1v) is 8.36. The Labute approximate surface area is 149 Å². The number of imidazole rings is 1. The standard InChI is InChI=1S/C18H18N4O4/c23-18(20-4-1-6-22-7-5-19-11-22)10-14-9-16(26-21-14)13-2-3-15-17(8-13)25-12-24-15/h2-3,5,7-9,11H,1,4,6,10,12H2,(H,20,23). The second-order valence-corrected chi connectivity index (χ2v) is 5.93. The van der Waals surface area contributed by atoms with Crippen molar-refractivity contribution < 1.29 is 18.8 Å². The fourth-order valence-electron chi connectivity index (χ4n) is 2.72. The van der Waals surface area contributed by atoms with Gasteiger partial charge in [0.05, 0.1) is 18.4 Å². The molecular formula is C18H18N4O4. The molecule has 2 aromatic heterocycles. The summed E-state index contributed by atoms with van der Waals surface area (Å²) < 4.78 is 18.0. The van der Waals surface area contributed by atoms with Gasteiger partial charge in [-0.15, -0.1) is 0 Å². The number of amides is 1. The Morgan fingerprint density at radius 1 is 1.23 bits per heavy atom. The van der Waals surface area contributed by atoms with Crippen LogP contribution in [-0.2, 0) is 17.8 Å². The zero-order valence-electron chi connectivity index (χ0n) is 14.1. The molecule has 1 aromatic carbocycles. The molecule has 1 amide bonds. The SMILES string of the molecule is O=C(Cc1cc(-c2ccc3c(c2)OCO3)on1)NCCCn1ccnc1. The van der Waals surface area contributed by atoms with Gasteiger partial charge in [-0.1, -0.05) is 5.16 Å². The number of fused-ring (bicyclic) bond motifs is 1. The summed E-state index contributed by atoms with van der Waals surface area (Å²) in [5, 5.41) is 6.86. The molecule has 1 N–H and O–H groups in total. The maximum atomic E-state index is 12.0. The van der Waals surface area contributed by atoms with E-state index in [1.54, 1.807) is 18.6 Å². The predicted octanol–water partition coefficient (Wildman–Crippen LogP) is 2.02. The van der Waals surface area contributed by atoms with E-state index in [-0.39, 0.29) is 19.1 Å². The Kier molecular flexibility index (Phi) is 4.55. The molecule has 0 saturated heterocycles. The lowest BCUT2D eigenvalue weighted by Crippen LogP contribution is -2.26. The number of carbonyl (C=O) groups excluding carboxylic acids is 1. The van der Waals surface area contributed by atoms with Gasteiger partial charge >= 0.3 is 0 Å². The van der Waals surface area contributed by atoms with Crippen molar-refractivity contribution in [2.75, 3.05) is 13.3 Å². The van der Waals surface area contributed by atoms with Crippen LogP contribution in [0.3, 0.4) is 0 Å². The van der Waals surface area contributed by atoms with Crippen LogP contribution in [0.1, 0.15) is 12.1 Å². The van der Waals surface area contributed by atoms with Crippen LogP contribution in [0.2, 0.25) is 0 Å². The third-order valence-electron chi connectivity index (χ3n) is 4.03. The van der Waals surface area contributed by atoms with Crippen molar-refractivity contribution in [3.8, 4) is 22.8 Å². The summed E-state index contributed by atoms with van der Waals surface area (Å²) in [6.45, 7) is 1.64. The third-order valence-corrected chi connectivity index (χ3v) is 4.03. The number of nitrogens with one attached hydrogen (secondary N) is 1. The average Bonchev–Trinajstić information content (AvgIpc) is 3.39. The molecule has 3 heterocycles. The zero-order valence-corrected chi connectivity index (χ0v) is 14.1. The van der Waals surface area contributed by atoms with E-state index in [9.17, 15) is 4.79 Å². The van der Waals surface area contributed by atoms with Gasteiger partial charge in [0.2, 0.25) is 12.7 Å². The van der Waals surface area contributed by atoms with E-state index < -0.39 is 0 Å². The summed E-state index contributed by atoms with van der Waals surface area (Å²) in [6, 6.07) is 7.30. The normalized spacial score (nSPS) is 12.3. The molecule has 4 rings (SSSR count). The second-order valence-electron chi connectivity index (χ2n) is 5.93. The highest BCUT2D eigenvalue weighted by atomic mass is 16.7. The Morgan fingerprint density at radius 3 is 3.04 bits per heavy atom. The molecule has 26 heavy (non-hydrogen) atoms. The minimum absolute atomic E-state index is 0.0823. The molecule has 0 bridgehead atoms. The van der Waals surface area contributed by atoms with Crippen LogP contribution in [-0.4, -0.2) is 34.0 Å². The van der Waals surface area contributed by atoms with Crippen LogP contribution < -0.4 is 14.8 Å². The maximum Gasteiger partial charge on any atom is 0.231 e.